The monoisotopic (exact) mass is 239 g/mol. The van der Waals surface area contributed by atoms with E-state index in [2.05, 4.69) is 16.7 Å². The highest BCUT2D eigenvalue weighted by Gasteiger charge is 2.36. The highest BCUT2D eigenvalue weighted by Crippen LogP contribution is 2.27. The number of nitrogens with two attached hydrogens (primary N) is 1. The van der Waals surface area contributed by atoms with Gasteiger partial charge in [-0.05, 0) is 33.2 Å². The summed E-state index contributed by atoms with van der Waals surface area (Å²) < 4.78 is 0. The number of hydrogen-bond donors (Lipinski definition) is 1. The lowest BCUT2D eigenvalue weighted by Gasteiger charge is -2.32. The van der Waals surface area contributed by atoms with Crippen LogP contribution in [0.25, 0.3) is 0 Å². The highest BCUT2D eigenvalue weighted by molar-refractivity contribution is 5.82. The van der Waals surface area contributed by atoms with Crippen molar-refractivity contribution in [1.29, 1.82) is 0 Å². The lowest BCUT2D eigenvalue weighted by molar-refractivity contribution is -0.137. The van der Waals surface area contributed by atoms with Crippen LogP contribution in [0.3, 0.4) is 0 Å². The maximum Gasteiger partial charge on any atom is 0.241 e. The molecule has 1 amide bonds. The molecule has 98 valence electrons. The molecule has 2 atom stereocenters. The number of nitrogens with zero attached hydrogens (tertiary/aromatic N) is 2. The number of carbonyl (C=O) groups excluding carboxylic acids is 1. The van der Waals surface area contributed by atoms with Gasteiger partial charge in [0.15, 0.2) is 0 Å². The van der Waals surface area contributed by atoms with Gasteiger partial charge in [-0.3, -0.25) is 9.69 Å². The summed E-state index contributed by atoms with van der Waals surface area (Å²) in [6.07, 6.45) is 5.97. The van der Waals surface area contributed by atoms with Crippen LogP contribution in [0.4, 0.5) is 0 Å². The van der Waals surface area contributed by atoms with Gasteiger partial charge in [0.05, 0.1) is 0 Å². The summed E-state index contributed by atoms with van der Waals surface area (Å²) in [7, 11) is 2.03. The van der Waals surface area contributed by atoms with Crippen molar-refractivity contribution in [1.82, 2.24) is 9.80 Å². The summed E-state index contributed by atoms with van der Waals surface area (Å²) in [6, 6.07) is 0.808. The van der Waals surface area contributed by atoms with Crippen molar-refractivity contribution < 1.29 is 4.79 Å². The van der Waals surface area contributed by atoms with Crippen molar-refractivity contribution in [3.8, 4) is 0 Å². The van der Waals surface area contributed by atoms with Crippen LogP contribution < -0.4 is 5.73 Å². The molecule has 2 N–H and O–H groups in total. The number of rotatable bonds is 2. The first kappa shape index (κ1) is 12.8. The first-order valence-electron chi connectivity index (χ1n) is 6.87. The minimum absolute atomic E-state index is 0.118. The Morgan fingerprint density at radius 1 is 1.29 bits per heavy atom. The molecule has 1 saturated heterocycles. The van der Waals surface area contributed by atoms with Gasteiger partial charge >= 0.3 is 0 Å². The van der Waals surface area contributed by atoms with Gasteiger partial charge < -0.3 is 10.6 Å². The normalized spacial score (nSPS) is 33.1. The molecule has 0 aromatic carbocycles. The van der Waals surface area contributed by atoms with E-state index in [0.717, 1.165) is 13.0 Å². The molecule has 0 spiro atoms. The van der Waals surface area contributed by atoms with Crippen molar-refractivity contribution in [2.24, 2.45) is 5.73 Å². The van der Waals surface area contributed by atoms with Gasteiger partial charge in [-0.15, -0.1) is 0 Å². The maximum atomic E-state index is 12.5. The summed E-state index contributed by atoms with van der Waals surface area (Å²) in [5.74, 6) is 0.256. The largest absolute Gasteiger partial charge is 0.338 e. The van der Waals surface area contributed by atoms with E-state index in [1.165, 1.54) is 25.7 Å². The predicted molar refractivity (Wildman–Crippen MR) is 68.7 cm³/mol. The third kappa shape index (κ3) is 2.47. The number of amides is 1. The first-order valence-corrected chi connectivity index (χ1v) is 6.87. The summed E-state index contributed by atoms with van der Waals surface area (Å²) in [5, 5.41) is 0. The average molecular weight is 239 g/mol. The quantitative estimate of drug-likeness (QED) is 0.776. The fraction of sp³-hybridized carbons (Fsp3) is 0.923. The molecule has 2 rings (SSSR count). The van der Waals surface area contributed by atoms with E-state index in [1.54, 1.807) is 0 Å². The van der Waals surface area contributed by atoms with Crippen LogP contribution in [0.2, 0.25) is 0 Å². The molecule has 17 heavy (non-hydrogen) atoms. The zero-order valence-corrected chi connectivity index (χ0v) is 11.1. The lowest BCUT2D eigenvalue weighted by atomic mass is 10.1. The Morgan fingerprint density at radius 3 is 2.53 bits per heavy atom. The SMILES string of the molecule is CC1CCN(C2CCCC2)C(=O)C(CN)N1C. The molecule has 1 saturated carbocycles. The molecule has 1 aliphatic heterocycles. The van der Waals surface area contributed by atoms with Crippen LogP contribution in [0, 0.1) is 0 Å². The smallest absolute Gasteiger partial charge is 0.241 e. The van der Waals surface area contributed by atoms with E-state index >= 15 is 0 Å². The van der Waals surface area contributed by atoms with E-state index < -0.39 is 0 Å². The van der Waals surface area contributed by atoms with E-state index in [1.807, 2.05) is 7.05 Å². The van der Waals surface area contributed by atoms with Crippen LogP contribution in [0.5, 0.6) is 0 Å². The van der Waals surface area contributed by atoms with Crippen LogP contribution >= 0.6 is 0 Å². The number of likely N-dealkylation sites (N-methyl/N-ethyl adjacent to an activating group) is 1. The Bertz CT molecular complexity index is 276. The maximum absolute atomic E-state index is 12.5. The Hall–Kier alpha value is -0.610. The van der Waals surface area contributed by atoms with Gasteiger partial charge in [0.2, 0.25) is 5.91 Å². The van der Waals surface area contributed by atoms with E-state index in [0.29, 0.717) is 18.6 Å². The average Bonchev–Trinajstić information content (AvgIpc) is 2.80. The second-order valence-corrected chi connectivity index (χ2v) is 5.52. The second-order valence-electron chi connectivity index (χ2n) is 5.52. The van der Waals surface area contributed by atoms with Crippen molar-refractivity contribution in [3.05, 3.63) is 0 Å². The molecule has 0 aromatic rings. The number of hydrogen-bond acceptors (Lipinski definition) is 3. The van der Waals surface area contributed by atoms with Gasteiger partial charge in [-0.2, -0.15) is 0 Å². The topological polar surface area (TPSA) is 49.6 Å². The highest BCUT2D eigenvalue weighted by atomic mass is 16.2. The lowest BCUT2D eigenvalue weighted by Crippen LogP contribution is -2.52. The molecule has 2 unspecified atom stereocenters. The number of carbonyl (C=O) groups is 1. The van der Waals surface area contributed by atoms with E-state index in [9.17, 15) is 4.79 Å². The minimum Gasteiger partial charge on any atom is -0.338 e. The third-order valence-corrected chi connectivity index (χ3v) is 4.53. The van der Waals surface area contributed by atoms with Gasteiger partial charge in [-0.25, -0.2) is 0 Å². The summed E-state index contributed by atoms with van der Waals surface area (Å²) in [4.78, 5) is 16.8. The van der Waals surface area contributed by atoms with Crippen LogP contribution in [0.15, 0.2) is 0 Å². The Kier molecular flexibility index (Phi) is 4.05. The third-order valence-electron chi connectivity index (χ3n) is 4.53. The van der Waals surface area contributed by atoms with E-state index in [4.69, 9.17) is 5.73 Å². The molecule has 1 aliphatic carbocycles. The Labute approximate surface area is 104 Å². The molecule has 4 heteroatoms. The molecular weight excluding hydrogens is 214 g/mol. The van der Waals surface area contributed by atoms with Gasteiger partial charge in [-0.1, -0.05) is 12.8 Å². The van der Waals surface area contributed by atoms with Gasteiger partial charge in [0.1, 0.15) is 6.04 Å². The first-order chi connectivity index (χ1) is 8.15. The van der Waals surface area contributed by atoms with Crippen LogP contribution in [0.1, 0.15) is 39.0 Å². The summed E-state index contributed by atoms with van der Waals surface area (Å²) in [6.45, 7) is 3.53. The Balaban J connectivity index is 2.14. The van der Waals surface area contributed by atoms with Crippen LogP contribution in [-0.4, -0.2) is 54.0 Å². The van der Waals surface area contributed by atoms with Gasteiger partial charge in [0.25, 0.3) is 0 Å². The zero-order valence-electron chi connectivity index (χ0n) is 11.1. The van der Waals surface area contributed by atoms with Crippen molar-refractivity contribution >= 4 is 5.91 Å². The molecule has 0 radical (unpaired) electrons. The summed E-state index contributed by atoms with van der Waals surface area (Å²) in [5.41, 5.74) is 5.79. The van der Waals surface area contributed by atoms with Crippen molar-refractivity contribution in [3.63, 3.8) is 0 Å². The summed E-state index contributed by atoms with van der Waals surface area (Å²) >= 11 is 0. The fourth-order valence-corrected chi connectivity index (χ4v) is 3.16. The molecule has 4 nitrogen and oxygen atoms in total. The van der Waals surface area contributed by atoms with Gasteiger partial charge in [0, 0.05) is 25.2 Å². The zero-order chi connectivity index (χ0) is 12.4. The molecule has 2 aliphatic rings. The Morgan fingerprint density at radius 2 is 1.94 bits per heavy atom. The molecule has 0 aromatic heterocycles. The molecule has 2 fully saturated rings. The second kappa shape index (κ2) is 5.36. The van der Waals surface area contributed by atoms with E-state index in [-0.39, 0.29) is 11.9 Å². The predicted octanol–water partition coefficient (Wildman–Crippen LogP) is 0.809. The fourth-order valence-electron chi connectivity index (χ4n) is 3.16. The van der Waals surface area contributed by atoms with Crippen molar-refractivity contribution in [2.45, 2.75) is 57.2 Å². The van der Waals surface area contributed by atoms with Crippen LogP contribution in [-0.2, 0) is 4.79 Å². The minimum atomic E-state index is -0.118. The van der Waals surface area contributed by atoms with Crippen molar-refractivity contribution in [2.75, 3.05) is 20.1 Å². The standard InChI is InChI=1S/C13H25N3O/c1-10-7-8-16(11-5-3-4-6-11)13(17)12(9-14)15(10)2/h10-12H,3-9,14H2,1-2H3. The molecule has 0 bridgehead atoms. The molecule has 1 heterocycles. The molecular formula is C13H25N3O.